The molecule has 0 saturated heterocycles. The Kier molecular flexibility index (Phi) is 5.15. The minimum Gasteiger partial charge on any atom is -0.307 e. The van der Waals surface area contributed by atoms with Crippen LogP contribution in [0.2, 0.25) is 0 Å². The number of benzene rings is 1. The van der Waals surface area contributed by atoms with Crippen molar-refractivity contribution in [3.63, 3.8) is 0 Å². The largest absolute Gasteiger partial charge is 0.307 e. The Balaban J connectivity index is 1.87. The van der Waals surface area contributed by atoms with E-state index in [4.69, 9.17) is 5.10 Å². The van der Waals surface area contributed by atoms with Gasteiger partial charge in [-0.05, 0) is 65.0 Å². The van der Waals surface area contributed by atoms with Crippen molar-refractivity contribution < 1.29 is 4.79 Å². The maximum atomic E-state index is 12.9. The number of carbonyl (C=O) groups is 1. The number of anilines is 1. The Morgan fingerprint density at radius 3 is 2.03 bits per heavy atom. The topological polar surface area (TPSA) is 64.7 Å². The van der Waals surface area contributed by atoms with Gasteiger partial charge in [-0.2, -0.15) is 10.2 Å². The second kappa shape index (κ2) is 7.17. The normalized spacial score (nSPS) is 12.3. The molecule has 0 atom stereocenters. The van der Waals surface area contributed by atoms with Crippen LogP contribution in [0.3, 0.4) is 0 Å². The molecule has 6 nitrogen and oxygen atoms in total. The minimum absolute atomic E-state index is 0.0998. The lowest BCUT2D eigenvalue weighted by atomic mass is 9.92. The number of hydrogen-bond acceptors (Lipinski definition) is 3. The molecule has 0 spiro atoms. The van der Waals surface area contributed by atoms with Gasteiger partial charge in [-0.3, -0.25) is 4.79 Å². The summed E-state index contributed by atoms with van der Waals surface area (Å²) in [4.78, 5) is 12.9. The summed E-state index contributed by atoms with van der Waals surface area (Å²) in [6.45, 7) is 16.6. The van der Waals surface area contributed by atoms with E-state index in [2.05, 4.69) is 52.0 Å². The highest BCUT2D eigenvalue weighted by Crippen LogP contribution is 2.28. The zero-order valence-electron chi connectivity index (χ0n) is 18.7. The third-order valence-electron chi connectivity index (χ3n) is 4.74. The van der Waals surface area contributed by atoms with Crippen molar-refractivity contribution in [3.8, 4) is 5.69 Å². The molecule has 6 heteroatoms. The van der Waals surface area contributed by atoms with Gasteiger partial charge in [0.15, 0.2) is 0 Å². The van der Waals surface area contributed by atoms with Crippen LogP contribution in [0.5, 0.6) is 0 Å². The van der Waals surface area contributed by atoms with E-state index in [1.54, 1.807) is 0 Å². The third-order valence-corrected chi connectivity index (χ3v) is 4.74. The predicted molar refractivity (Wildman–Crippen MR) is 117 cm³/mol. The number of nitrogens with zero attached hydrogens (tertiary/aromatic N) is 4. The summed E-state index contributed by atoms with van der Waals surface area (Å²) in [5.74, 6) is 0.547. The van der Waals surface area contributed by atoms with E-state index >= 15 is 0 Å². The highest BCUT2D eigenvalue weighted by atomic mass is 16.1. The van der Waals surface area contributed by atoms with E-state index in [-0.39, 0.29) is 16.9 Å². The highest BCUT2D eigenvalue weighted by Gasteiger charge is 2.26. The zero-order chi connectivity index (χ0) is 21.6. The zero-order valence-corrected chi connectivity index (χ0v) is 18.7. The van der Waals surface area contributed by atoms with E-state index in [0.29, 0.717) is 11.4 Å². The molecule has 1 amide bonds. The van der Waals surface area contributed by atoms with E-state index in [0.717, 1.165) is 22.8 Å². The number of aromatic nitrogens is 4. The Hall–Kier alpha value is -2.89. The molecule has 0 bridgehead atoms. The van der Waals surface area contributed by atoms with E-state index in [9.17, 15) is 4.79 Å². The summed E-state index contributed by atoms with van der Waals surface area (Å²) in [7, 11) is 0. The van der Waals surface area contributed by atoms with Gasteiger partial charge in [0.2, 0.25) is 0 Å². The van der Waals surface area contributed by atoms with Crippen LogP contribution >= 0.6 is 0 Å². The van der Waals surface area contributed by atoms with Gasteiger partial charge in [0.25, 0.3) is 5.91 Å². The number of hydrogen-bond donors (Lipinski definition) is 1. The van der Waals surface area contributed by atoms with Crippen molar-refractivity contribution in [3.05, 3.63) is 59.0 Å². The monoisotopic (exact) mass is 393 g/mol. The van der Waals surface area contributed by atoms with E-state index in [1.807, 2.05) is 59.6 Å². The first-order chi connectivity index (χ1) is 13.4. The summed E-state index contributed by atoms with van der Waals surface area (Å²) in [6, 6.07) is 11.5. The standard InChI is InChI=1S/C23H31N5O/c1-15-13-16(2)27(25-15)18-11-9-17(10-12-18)21(29)24-20-14-19(22(3,4)5)26-28(20)23(6,7)8/h9-14H,1-8H3,(H,24,29). The first kappa shape index (κ1) is 20.8. The van der Waals surface area contributed by atoms with Crippen molar-refractivity contribution in [2.24, 2.45) is 0 Å². The molecule has 3 rings (SSSR count). The summed E-state index contributed by atoms with van der Waals surface area (Å²) in [5, 5.41) is 12.3. The van der Waals surface area contributed by atoms with Gasteiger partial charge in [-0.1, -0.05) is 20.8 Å². The molecule has 0 radical (unpaired) electrons. The number of aryl methyl sites for hydroxylation is 2. The highest BCUT2D eigenvalue weighted by molar-refractivity contribution is 6.04. The van der Waals surface area contributed by atoms with Gasteiger partial charge in [0.1, 0.15) is 5.82 Å². The molecular weight excluding hydrogens is 362 g/mol. The van der Waals surface area contributed by atoms with Crippen molar-refractivity contribution in [2.75, 3.05) is 5.32 Å². The fourth-order valence-corrected chi connectivity index (χ4v) is 3.18. The maximum absolute atomic E-state index is 12.9. The van der Waals surface area contributed by atoms with Crippen LogP contribution < -0.4 is 5.32 Å². The Morgan fingerprint density at radius 1 is 0.931 bits per heavy atom. The van der Waals surface area contributed by atoms with Gasteiger partial charge in [-0.15, -0.1) is 0 Å². The molecule has 29 heavy (non-hydrogen) atoms. The fraction of sp³-hybridized carbons (Fsp3) is 0.435. The SMILES string of the molecule is Cc1cc(C)n(-c2ccc(C(=O)Nc3cc(C(C)(C)C)nn3C(C)(C)C)cc2)n1. The number of rotatable bonds is 3. The lowest BCUT2D eigenvalue weighted by molar-refractivity contribution is 0.102. The number of amides is 1. The first-order valence-corrected chi connectivity index (χ1v) is 9.92. The van der Waals surface area contributed by atoms with Gasteiger partial charge < -0.3 is 5.32 Å². The van der Waals surface area contributed by atoms with Gasteiger partial charge in [0, 0.05) is 22.7 Å². The Bertz CT molecular complexity index is 1030. The molecule has 1 N–H and O–H groups in total. The average Bonchev–Trinajstić information content (AvgIpc) is 3.17. The number of carbonyl (C=O) groups excluding carboxylic acids is 1. The summed E-state index contributed by atoms with van der Waals surface area (Å²) < 4.78 is 3.76. The molecule has 3 aromatic rings. The number of nitrogens with one attached hydrogen (secondary N) is 1. The molecule has 0 saturated carbocycles. The summed E-state index contributed by atoms with van der Waals surface area (Å²) in [5.41, 5.74) is 4.15. The molecular formula is C23H31N5O. The lowest BCUT2D eigenvalue weighted by Crippen LogP contribution is -2.27. The smallest absolute Gasteiger partial charge is 0.256 e. The van der Waals surface area contributed by atoms with E-state index in [1.165, 1.54) is 0 Å². The third kappa shape index (κ3) is 4.42. The van der Waals surface area contributed by atoms with Gasteiger partial charge in [-0.25, -0.2) is 9.36 Å². The van der Waals surface area contributed by atoms with Crippen LogP contribution in [-0.2, 0) is 11.0 Å². The predicted octanol–water partition coefficient (Wildman–Crippen LogP) is 4.99. The van der Waals surface area contributed by atoms with Gasteiger partial charge >= 0.3 is 0 Å². The second-order valence-electron chi connectivity index (χ2n) is 9.59. The van der Waals surface area contributed by atoms with Crippen LogP contribution in [0.15, 0.2) is 36.4 Å². The molecule has 154 valence electrons. The first-order valence-electron chi connectivity index (χ1n) is 9.92. The van der Waals surface area contributed by atoms with Crippen molar-refractivity contribution in [1.29, 1.82) is 0 Å². The molecule has 2 aromatic heterocycles. The molecule has 0 aliphatic rings. The fourth-order valence-electron chi connectivity index (χ4n) is 3.18. The van der Waals surface area contributed by atoms with Crippen molar-refractivity contribution in [1.82, 2.24) is 19.6 Å². The van der Waals surface area contributed by atoms with Crippen LogP contribution in [0.1, 0.15) is 69.0 Å². The van der Waals surface area contributed by atoms with Crippen LogP contribution in [0, 0.1) is 13.8 Å². The van der Waals surface area contributed by atoms with Crippen LogP contribution in [0.4, 0.5) is 5.82 Å². The van der Waals surface area contributed by atoms with E-state index < -0.39 is 0 Å². The summed E-state index contributed by atoms with van der Waals surface area (Å²) in [6.07, 6.45) is 0. The molecule has 0 aliphatic carbocycles. The minimum atomic E-state index is -0.245. The Labute approximate surface area is 172 Å². The average molecular weight is 394 g/mol. The molecule has 0 aliphatic heterocycles. The van der Waals surface area contributed by atoms with Crippen LogP contribution in [0.25, 0.3) is 5.69 Å². The molecule has 1 aromatic carbocycles. The van der Waals surface area contributed by atoms with Gasteiger partial charge in [0.05, 0.1) is 22.6 Å². The van der Waals surface area contributed by atoms with Crippen molar-refractivity contribution in [2.45, 2.75) is 66.3 Å². The maximum Gasteiger partial charge on any atom is 0.256 e. The van der Waals surface area contributed by atoms with Crippen molar-refractivity contribution >= 4 is 11.7 Å². The second-order valence-corrected chi connectivity index (χ2v) is 9.59. The lowest BCUT2D eigenvalue weighted by Gasteiger charge is -2.23. The van der Waals surface area contributed by atoms with Crippen LogP contribution in [-0.4, -0.2) is 25.5 Å². The molecule has 2 heterocycles. The molecule has 0 fully saturated rings. The Morgan fingerprint density at radius 2 is 1.55 bits per heavy atom. The molecule has 0 unspecified atom stereocenters. The summed E-state index contributed by atoms with van der Waals surface area (Å²) >= 11 is 0. The quantitative estimate of drug-likeness (QED) is 0.682.